The molecule has 0 amide bonds. The van der Waals surface area contributed by atoms with E-state index in [9.17, 15) is 9.59 Å². The molecular weight excluding hydrogens is 416 g/mol. The van der Waals surface area contributed by atoms with Crippen molar-refractivity contribution in [1.82, 2.24) is 24.1 Å². The van der Waals surface area contributed by atoms with Gasteiger partial charge in [-0.25, -0.2) is 9.78 Å². The number of thioether (sulfide) groups is 1. The molecule has 4 aromatic rings. The smallest absolute Gasteiger partial charge is 0.329 e. The molecule has 1 fully saturated rings. The Labute approximate surface area is 182 Å². The number of hydrogen-bond donors (Lipinski definition) is 1. The van der Waals surface area contributed by atoms with Crippen LogP contribution in [0.2, 0.25) is 0 Å². The van der Waals surface area contributed by atoms with Crippen LogP contribution in [0.15, 0.2) is 43.5 Å². The van der Waals surface area contributed by atoms with E-state index in [1.54, 1.807) is 18.8 Å². The number of benzene rings is 1. The number of aromatic amines is 1. The lowest BCUT2D eigenvalue weighted by Gasteiger charge is -2.20. The molecule has 1 aliphatic rings. The molecule has 9 nitrogen and oxygen atoms in total. The maximum Gasteiger partial charge on any atom is 0.329 e. The van der Waals surface area contributed by atoms with Gasteiger partial charge >= 0.3 is 5.69 Å². The summed E-state index contributed by atoms with van der Waals surface area (Å²) in [5.74, 6) is 1.75. The average Bonchev–Trinajstić information content (AvgIpc) is 3.48. The number of nitrogens with one attached hydrogen (secondary N) is 1. The largest absolute Gasteiger partial charge is 0.431 e. The van der Waals surface area contributed by atoms with Gasteiger partial charge in [-0.15, -0.1) is 0 Å². The van der Waals surface area contributed by atoms with Gasteiger partial charge in [0, 0.05) is 32.4 Å². The summed E-state index contributed by atoms with van der Waals surface area (Å²) >= 11 is 1.56. The molecule has 1 atom stereocenters. The maximum absolute atomic E-state index is 12.7. The van der Waals surface area contributed by atoms with Crippen LogP contribution in [0.25, 0.3) is 22.3 Å². The molecule has 1 aliphatic heterocycles. The van der Waals surface area contributed by atoms with Crippen LogP contribution in [0, 0.1) is 5.92 Å². The zero-order valence-electron chi connectivity index (χ0n) is 17.5. The summed E-state index contributed by atoms with van der Waals surface area (Å²) in [5, 5.41) is 0.642. The van der Waals surface area contributed by atoms with Crippen molar-refractivity contribution in [1.29, 1.82) is 0 Å². The highest BCUT2D eigenvalue weighted by Crippen LogP contribution is 2.28. The van der Waals surface area contributed by atoms with Crippen molar-refractivity contribution in [2.75, 3.05) is 23.7 Å². The van der Waals surface area contributed by atoms with Gasteiger partial charge in [0.2, 0.25) is 5.95 Å². The lowest BCUT2D eigenvalue weighted by atomic mass is 10.2. The molecule has 0 unspecified atom stereocenters. The first-order valence-corrected chi connectivity index (χ1v) is 11.4. The molecule has 0 bridgehead atoms. The molecule has 31 heavy (non-hydrogen) atoms. The first-order valence-electron chi connectivity index (χ1n) is 10.4. The minimum Gasteiger partial charge on any atom is -0.431 e. The molecule has 1 saturated heterocycles. The van der Waals surface area contributed by atoms with Crippen molar-refractivity contribution in [3.63, 3.8) is 0 Å². The van der Waals surface area contributed by atoms with Crippen molar-refractivity contribution in [2.24, 2.45) is 13.0 Å². The number of H-pyrrole nitrogens is 1. The van der Waals surface area contributed by atoms with E-state index in [2.05, 4.69) is 21.8 Å². The molecule has 0 radical (unpaired) electrons. The number of rotatable bonds is 6. The molecule has 0 spiro atoms. The third-order valence-electron chi connectivity index (χ3n) is 5.64. The number of anilines is 1. The first kappa shape index (κ1) is 19.9. The van der Waals surface area contributed by atoms with Crippen LogP contribution in [-0.4, -0.2) is 42.9 Å². The van der Waals surface area contributed by atoms with Crippen molar-refractivity contribution in [2.45, 2.75) is 31.5 Å². The Morgan fingerprint density at radius 1 is 1.19 bits per heavy atom. The molecule has 3 aromatic heterocycles. The summed E-state index contributed by atoms with van der Waals surface area (Å²) in [7, 11) is 1.64. The summed E-state index contributed by atoms with van der Waals surface area (Å²) in [6.07, 6.45) is 2.20. The highest BCUT2D eigenvalue weighted by atomic mass is 32.2. The molecule has 4 heterocycles. The van der Waals surface area contributed by atoms with Crippen molar-refractivity contribution < 1.29 is 4.42 Å². The Bertz CT molecular complexity index is 1330. The maximum atomic E-state index is 12.7. The Balaban J connectivity index is 1.44. The number of aromatic nitrogens is 5. The predicted molar refractivity (Wildman–Crippen MR) is 121 cm³/mol. The van der Waals surface area contributed by atoms with Crippen LogP contribution in [-0.2, 0) is 13.6 Å². The van der Waals surface area contributed by atoms with E-state index in [4.69, 9.17) is 9.40 Å². The second kappa shape index (κ2) is 7.92. The second-order valence-electron chi connectivity index (χ2n) is 8.07. The van der Waals surface area contributed by atoms with E-state index in [1.165, 1.54) is 4.57 Å². The lowest BCUT2D eigenvalue weighted by molar-refractivity contribution is 0.485. The third-order valence-corrected chi connectivity index (χ3v) is 6.79. The first-order chi connectivity index (χ1) is 15.0. The minimum absolute atomic E-state index is 0.218. The summed E-state index contributed by atoms with van der Waals surface area (Å²) in [6, 6.07) is 7.71. The number of para-hydroxylation sites is 2. The molecule has 162 valence electrons. The number of nitrogens with zero attached hydrogens (tertiary/aromatic N) is 5. The van der Waals surface area contributed by atoms with Gasteiger partial charge in [0.05, 0.1) is 0 Å². The van der Waals surface area contributed by atoms with Crippen molar-refractivity contribution >= 4 is 40.0 Å². The number of oxazole rings is 1. The van der Waals surface area contributed by atoms with Gasteiger partial charge in [0.25, 0.3) is 10.8 Å². The number of aryl methyl sites for hydroxylation is 1. The van der Waals surface area contributed by atoms with Gasteiger partial charge in [-0.05, 0) is 30.9 Å². The van der Waals surface area contributed by atoms with Crippen LogP contribution in [0.3, 0.4) is 0 Å². The van der Waals surface area contributed by atoms with E-state index in [0.717, 1.165) is 48.7 Å². The molecular formula is C21H24N6O3S. The summed E-state index contributed by atoms with van der Waals surface area (Å²) in [5.41, 5.74) is 1.66. The van der Waals surface area contributed by atoms with Gasteiger partial charge in [-0.3, -0.25) is 14.3 Å². The zero-order chi connectivity index (χ0) is 21.5. The standard InChI is InChI=1S/C21H24N6O3S/c1-13(12-31-21-22-14-7-3-4-8-15(14)30-21)11-27-16-17(25(2)20(29)24-18(16)28)23-19(27)26-9-5-6-10-26/h3-4,7-8,13H,5-6,9-12H2,1-2H3,(H,24,28,29)/t13-/m0/s1. The van der Waals surface area contributed by atoms with Gasteiger partial charge in [0.15, 0.2) is 16.7 Å². The Morgan fingerprint density at radius 2 is 1.97 bits per heavy atom. The van der Waals surface area contributed by atoms with Gasteiger partial charge < -0.3 is 13.9 Å². The fourth-order valence-corrected chi connectivity index (χ4v) is 4.89. The Hall–Kier alpha value is -3.01. The van der Waals surface area contributed by atoms with Crippen molar-refractivity contribution in [3.8, 4) is 0 Å². The molecule has 1 aromatic carbocycles. The SMILES string of the molecule is C[C@H](CSc1nc2ccccc2o1)Cn1c(N2CCCC2)nc2c1c(=O)[nH]c(=O)n2C. The quantitative estimate of drug-likeness (QED) is 0.460. The van der Waals surface area contributed by atoms with Crippen molar-refractivity contribution in [3.05, 3.63) is 45.1 Å². The third kappa shape index (κ3) is 3.65. The highest BCUT2D eigenvalue weighted by Gasteiger charge is 2.24. The topological polar surface area (TPSA) is 102 Å². The number of fused-ring (bicyclic) bond motifs is 2. The predicted octanol–water partition coefficient (Wildman–Crippen LogP) is 2.59. The fraction of sp³-hybridized carbons (Fsp3) is 0.429. The monoisotopic (exact) mass is 440 g/mol. The molecule has 0 aliphatic carbocycles. The van der Waals surface area contributed by atoms with Gasteiger partial charge in [-0.2, -0.15) is 4.98 Å². The van der Waals surface area contributed by atoms with E-state index in [-0.39, 0.29) is 5.92 Å². The van der Waals surface area contributed by atoms with Gasteiger partial charge in [0.1, 0.15) is 5.52 Å². The molecule has 5 rings (SSSR count). The highest BCUT2D eigenvalue weighted by molar-refractivity contribution is 7.99. The van der Waals surface area contributed by atoms with Crippen LogP contribution >= 0.6 is 11.8 Å². The summed E-state index contributed by atoms with van der Waals surface area (Å²) in [6.45, 7) is 4.55. The normalized spacial score (nSPS) is 15.4. The summed E-state index contributed by atoms with van der Waals surface area (Å²) < 4.78 is 9.18. The van der Waals surface area contributed by atoms with Crippen LogP contribution < -0.4 is 16.1 Å². The zero-order valence-corrected chi connectivity index (χ0v) is 18.3. The molecule has 1 N–H and O–H groups in total. The van der Waals surface area contributed by atoms with E-state index < -0.39 is 11.2 Å². The van der Waals surface area contributed by atoms with E-state index in [1.807, 2.05) is 28.8 Å². The number of hydrogen-bond acceptors (Lipinski definition) is 7. The minimum atomic E-state index is -0.449. The lowest BCUT2D eigenvalue weighted by Crippen LogP contribution is -2.30. The van der Waals surface area contributed by atoms with Crippen LogP contribution in [0.1, 0.15) is 19.8 Å². The summed E-state index contributed by atoms with van der Waals surface area (Å²) in [4.78, 5) is 38.6. The Morgan fingerprint density at radius 3 is 2.74 bits per heavy atom. The fourth-order valence-electron chi connectivity index (χ4n) is 4.05. The van der Waals surface area contributed by atoms with Crippen LogP contribution in [0.5, 0.6) is 0 Å². The molecule has 0 saturated carbocycles. The number of imidazole rings is 1. The molecule has 10 heteroatoms. The average molecular weight is 441 g/mol. The van der Waals surface area contributed by atoms with E-state index in [0.29, 0.717) is 22.9 Å². The van der Waals surface area contributed by atoms with Gasteiger partial charge in [-0.1, -0.05) is 30.8 Å². The Kier molecular flexibility index (Phi) is 5.09. The van der Waals surface area contributed by atoms with E-state index >= 15 is 0 Å². The second-order valence-corrected chi connectivity index (χ2v) is 9.04. The van der Waals surface area contributed by atoms with Crippen LogP contribution in [0.4, 0.5) is 5.95 Å².